The Hall–Kier alpha value is -3.38. The molecule has 2 N–H and O–H groups in total. The number of nitrogens with zero attached hydrogens (tertiary/aromatic N) is 1. The fraction of sp³-hybridized carbons (Fsp3) is 0.200. The summed E-state index contributed by atoms with van der Waals surface area (Å²) in [4.78, 5) is 17.7. The van der Waals surface area contributed by atoms with Crippen molar-refractivity contribution in [3.8, 4) is 0 Å². The largest absolute Gasteiger partial charge is 0.467 e. The molecule has 0 aliphatic rings. The Morgan fingerprint density at radius 3 is 2.55 bits per heavy atom. The Kier molecular flexibility index (Phi) is 5.91. The normalized spacial score (nSPS) is 10.9. The maximum absolute atomic E-state index is 12.8. The molecular weight excluding hydrogens is 406 g/mol. The number of hydrogen-bond donors (Lipinski definition) is 2. The van der Waals surface area contributed by atoms with Gasteiger partial charge in [-0.3, -0.25) is 4.79 Å². The van der Waals surface area contributed by atoms with Crippen molar-refractivity contribution >= 4 is 33.9 Å². The van der Waals surface area contributed by atoms with Gasteiger partial charge in [-0.15, -0.1) is 0 Å². The molecule has 5 nitrogen and oxygen atoms in total. The Bertz CT molecular complexity index is 1290. The minimum absolute atomic E-state index is 0.116. The number of nitrogens with one attached hydrogen (secondary N) is 2. The van der Waals surface area contributed by atoms with E-state index in [0.29, 0.717) is 23.8 Å². The molecular formula is C25H25N3O2S. The van der Waals surface area contributed by atoms with Crippen molar-refractivity contribution in [2.24, 2.45) is 0 Å². The van der Waals surface area contributed by atoms with Crippen LogP contribution < -0.4 is 10.9 Å². The highest BCUT2D eigenvalue weighted by Crippen LogP contribution is 2.19. The summed E-state index contributed by atoms with van der Waals surface area (Å²) in [5.41, 5.74) is 5.75. The van der Waals surface area contributed by atoms with Gasteiger partial charge in [-0.2, -0.15) is 0 Å². The molecule has 0 atom stereocenters. The van der Waals surface area contributed by atoms with Crippen LogP contribution in [0.15, 0.2) is 70.1 Å². The van der Waals surface area contributed by atoms with Crippen molar-refractivity contribution in [3.63, 3.8) is 0 Å². The molecule has 0 unspecified atom stereocenters. The summed E-state index contributed by atoms with van der Waals surface area (Å²) in [6.45, 7) is 6.96. The quantitative estimate of drug-likeness (QED) is 0.412. The molecule has 0 bridgehead atoms. The second kappa shape index (κ2) is 8.78. The van der Waals surface area contributed by atoms with Crippen LogP contribution in [0.1, 0.15) is 28.0 Å². The van der Waals surface area contributed by atoms with Gasteiger partial charge in [0, 0.05) is 16.8 Å². The molecule has 0 aliphatic carbocycles. The lowest BCUT2D eigenvalue weighted by Crippen LogP contribution is -2.35. The summed E-state index contributed by atoms with van der Waals surface area (Å²) in [6, 6.07) is 17.9. The Balaban J connectivity index is 1.65. The summed E-state index contributed by atoms with van der Waals surface area (Å²) in [5.74, 6) is 0.776. The molecule has 0 saturated heterocycles. The van der Waals surface area contributed by atoms with Crippen LogP contribution in [-0.2, 0) is 13.1 Å². The van der Waals surface area contributed by atoms with Gasteiger partial charge in [0.25, 0.3) is 5.56 Å². The predicted octanol–water partition coefficient (Wildman–Crippen LogP) is 5.45. The van der Waals surface area contributed by atoms with Crippen LogP contribution in [0.4, 0.5) is 5.69 Å². The molecule has 0 radical (unpaired) electrons. The van der Waals surface area contributed by atoms with Gasteiger partial charge in [0.05, 0.1) is 19.4 Å². The van der Waals surface area contributed by atoms with E-state index in [2.05, 4.69) is 29.4 Å². The first-order valence-electron chi connectivity index (χ1n) is 10.2. The van der Waals surface area contributed by atoms with Crippen molar-refractivity contribution in [1.29, 1.82) is 0 Å². The topological polar surface area (TPSA) is 61.3 Å². The van der Waals surface area contributed by atoms with Crippen LogP contribution in [0.2, 0.25) is 0 Å². The fourth-order valence-corrected chi connectivity index (χ4v) is 3.87. The third-order valence-corrected chi connectivity index (χ3v) is 5.64. The molecule has 0 aliphatic heterocycles. The number of fused-ring (bicyclic) bond motifs is 1. The molecule has 2 aromatic heterocycles. The van der Waals surface area contributed by atoms with Crippen LogP contribution in [0, 0.1) is 20.8 Å². The smallest absolute Gasteiger partial charge is 0.253 e. The number of anilines is 1. The van der Waals surface area contributed by atoms with Crippen molar-refractivity contribution in [3.05, 3.63) is 99.2 Å². The number of furan rings is 1. The summed E-state index contributed by atoms with van der Waals surface area (Å²) < 4.78 is 5.54. The van der Waals surface area contributed by atoms with Crippen molar-refractivity contribution < 1.29 is 4.42 Å². The Labute approximate surface area is 186 Å². The van der Waals surface area contributed by atoms with E-state index >= 15 is 0 Å². The van der Waals surface area contributed by atoms with E-state index in [4.69, 9.17) is 16.6 Å². The minimum Gasteiger partial charge on any atom is -0.467 e. The van der Waals surface area contributed by atoms with E-state index in [9.17, 15) is 4.79 Å². The van der Waals surface area contributed by atoms with E-state index in [0.717, 1.165) is 33.5 Å². The summed E-state index contributed by atoms with van der Waals surface area (Å²) in [5, 5.41) is 4.87. The average molecular weight is 432 g/mol. The van der Waals surface area contributed by atoms with Gasteiger partial charge < -0.3 is 19.6 Å². The molecule has 158 valence electrons. The average Bonchev–Trinajstić information content (AvgIpc) is 3.23. The highest BCUT2D eigenvalue weighted by atomic mass is 32.1. The van der Waals surface area contributed by atoms with Gasteiger partial charge in [-0.05, 0) is 80.3 Å². The zero-order valence-electron chi connectivity index (χ0n) is 17.9. The van der Waals surface area contributed by atoms with Crippen molar-refractivity contribution in [1.82, 2.24) is 9.88 Å². The van der Waals surface area contributed by atoms with Crippen LogP contribution in [0.25, 0.3) is 10.9 Å². The Morgan fingerprint density at radius 2 is 1.81 bits per heavy atom. The number of aromatic nitrogens is 1. The lowest BCUT2D eigenvalue weighted by atomic mass is 10.1. The molecule has 0 fully saturated rings. The molecule has 0 spiro atoms. The van der Waals surface area contributed by atoms with Crippen molar-refractivity contribution in [2.45, 2.75) is 33.9 Å². The summed E-state index contributed by atoms with van der Waals surface area (Å²) >= 11 is 5.74. The first kappa shape index (κ1) is 20.9. The predicted molar refractivity (Wildman–Crippen MR) is 129 cm³/mol. The van der Waals surface area contributed by atoms with Gasteiger partial charge in [0.15, 0.2) is 5.11 Å². The highest BCUT2D eigenvalue weighted by Gasteiger charge is 2.16. The monoisotopic (exact) mass is 431 g/mol. The van der Waals surface area contributed by atoms with E-state index in [1.807, 2.05) is 61.2 Å². The summed E-state index contributed by atoms with van der Waals surface area (Å²) in [7, 11) is 0. The van der Waals surface area contributed by atoms with Gasteiger partial charge in [-0.1, -0.05) is 29.3 Å². The van der Waals surface area contributed by atoms with E-state index < -0.39 is 0 Å². The molecule has 6 heteroatoms. The lowest BCUT2D eigenvalue weighted by molar-refractivity contribution is 0.359. The molecule has 2 aromatic carbocycles. The Morgan fingerprint density at radius 1 is 1.03 bits per heavy atom. The standard InChI is InChI=1S/C25H25N3O2S/c1-16-6-8-22(18(3)11-16)27-25(31)28(15-21-5-4-10-30-21)14-20-13-19-12-17(2)7-9-23(19)26-24(20)29/h4-13H,14-15H2,1-3H3,(H,26,29)(H,27,31). The third kappa shape index (κ3) is 4.86. The molecule has 0 saturated carbocycles. The van der Waals surface area contributed by atoms with Crippen LogP contribution >= 0.6 is 12.2 Å². The number of hydrogen-bond acceptors (Lipinski definition) is 3. The number of rotatable bonds is 5. The second-order valence-corrected chi connectivity index (χ2v) is 8.29. The van der Waals surface area contributed by atoms with Gasteiger partial charge >= 0.3 is 0 Å². The molecule has 4 rings (SSSR count). The number of aryl methyl sites for hydroxylation is 3. The number of aromatic amines is 1. The van der Waals surface area contributed by atoms with E-state index in [1.165, 1.54) is 5.56 Å². The first-order chi connectivity index (χ1) is 14.9. The van der Waals surface area contributed by atoms with E-state index in [1.54, 1.807) is 6.26 Å². The molecule has 4 aromatic rings. The van der Waals surface area contributed by atoms with Crippen LogP contribution in [-0.4, -0.2) is 15.0 Å². The minimum atomic E-state index is -0.116. The van der Waals surface area contributed by atoms with Crippen LogP contribution in [0.5, 0.6) is 0 Å². The van der Waals surface area contributed by atoms with E-state index in [-0.39, 0.29) is 5.56 Å². The molecule has 0 amide bonds. The molecule has 31 heavy (non-hydrogen) atoms. The zero-order valence-corrected chi connectivity index (χ0v) is 18.7. The fourth-order valence-electron chi connectivity index (χ4n) is 3.63. The maximum Gasteiger partial charge on any atom is 0.253 e. The third-order valence-electron chi connectivity index (χ3n) is 5.28. The molecule has 2 heterocycles. The number of thiocarbonyl (C=S) groups is 1. The number of pyridine rings is 1. The summed E-state index contributed by atoms with van der Waals surface area (Å²) in [6.07, 6.45) is 1.64. The lowest BCUT2D eigenvalue weighted by Gasteiger charge is -2.25. The van der Waals surface area contributed by atoms with Crippen LogP contribution in [0.3, 0.4) is 0 Å². The van der Waals surface area contributed by atoms with Gasteiger partial charge in [0.2, 0.25) is 0 Å². The van der Waals surface area contributed by atoms with Crippen molar-refractivity contribution in [2.75, 3.05) is 5.32 Å². The maximum atomic E-state index is 12.8. The highest BCUT2D eigenvalue weighted by molar-refractivity contribution is 7.80. The SMILES string of the molecule is Cc1ccc(NC(=S)N(Cc2ccco2)Cc2cc3cc(C)ccc3[nH]c2=O)c(C)c1. The number of H-pyrrole nitrogens is 1. The number of benzene rings is 2. The second-order valence-electron chi connectivity index (χ2n) is 7.90. The first-order valence-corrected chi connectivity index (χ1v) is 10.6. The van der Waals surface area contributed by atoms with Gasteiger partial charge in [0.1, 0.15) is 5.76 Å². The zero-order chi connectivity index (χ0) is 22.0. The van der Waals surface area contributed by atoms with Gasteiger partial charge in [-0.25, -0.2) is 0 Å².